The van der Waals surface area contributed by atoms with E-state index in [1.807, 2.05) is 59.3 Å². The summed E-state index contributed by atoms with van der Waals surface area (Å²) in [5.74, 6) is 2.74. The van der Waals surface area contributed by atoms with Crippen LogP contribution in [-0.2, 0) is 0 Å². The van der Waals surface area contributed by atoms with Gasteiger partial charge in [-0.1, -0.05) is 18.2 Å². The Morgan fingerprint density at radius 1 is 0.828 bits per heavy atom. The first-order chi connectivity index (χ1) is 14.4. The summed E-state index contributed by atoms with van der Waals surface area (Å²) in [6.07, 6.45) is 5.34. The summed E-state index contributed by atoms with van der Waals surface area (Å²) in [5, 5.41) is 7.95. The van der Waals surface area contributed by atoms with Gasteiger partial charge in [0.2, 0.25) is 5.88 Å². The third-order valence-electron chi connectivity index (χ3n) is 5.02. The summed E-state index contributed by atoms with van der Waals surface area (Å²) in [5.41, 5.74) is 1.63. The van der Waals surface area contributed by atoms with E-state index in [9.17, 15) is 0 Å². The van der Waals surface area contributed by atoms with E-state index in [2.05, 4.69) is 20.4 Å². The highest BCUT2D eigenvalue weighted by Crippen LogP contribution is 2.31. The first-order valence-corrected chi connectivity index (χ1v) is 9.76. The van der Waals surface area contributed by atoms with E-state index in [4.69, 9.17) is 9.47 Å². The van der Waals surface area contributed by atoms with Crippen LogP contribution in [-0.4, -0.2) is 32.8 Å². The van der Waals surface area contributed by atoms with Gasteiger partial charge in [-0.3, -0.25) is 4.68 Å². The van der Waals surface area contributed by atoms with Gasteiger partial charge < -0.3 is 14.8 Å². The molecule has 0 aliphatic carbocycles. The van der Waals surface area contributed by atoms with Crippen molar-refractivity contribution in [3.8, 4) is 23.1 Å². The Balaban J connectivity index is 1.39. The Labute approximate surface area is 168 Å². The lowest BCUT2D eigenvalue weighted by molar-refractivity contribution is 0.348. The van der Waals surface area contributed by atoms with Gasteiger partial charge in [-0.15, -0.1) is 0 Å². The van der Waals surface area contributed by atoms with Crippen molar-refractivity contribution in [2.24, 2.45) is 0 Å². The predicted octanol–water partition coefficient (Wildman–Crippen LogP) is 4.34. The molecule has 0 spiro atoms. The molecule has 0 amide bonds. The number of hydrogen-bond donors (Lipinski definition) is 1. The van der Waals surface area contributed by atoms with Gasteiger partial charge in [0, 0.05) is 0 Å². The summed E-state index contributed by atoms with van der Waals surface area (Å²) in [7, 11) is 0. The molecule has 2 aromatic carbocycles. The Morgan fingerprint density at radius 3 is 2.28 bits per heavy atom. The van der Waals surface area contributed by atoms with Crippen LogP contribution in [0.25, 0.3) is 11.0 Å². The Bertz CT molecular complexity index is 1090. The number of piperidine rings is 1. The fourth-order valence-electron chi connectivity index (χ4n) is 3.57. The second-order valence-corrected chi connectivity index (χ2v) is 6.97. The number of fused-ring (bicyclic) bond motifs is 1. The molecule has 1 N–H and O–H groups in total. The fraction of sp³-hybridized carbons (Fsp3) is 0.227. The molecule has 1 saturated heterocycles. The van der Waals surface area contributed by atoms with Gasteiger partial charge in [0.1, 0.15) is 34.6 Å². The second kappa shape index (κ2) is 7.89. The van der Waals surface area contributed by atoms with Crippen molar-refractivity contribution in [1.82, 2.24) is 25.1 Å². The highest BCUT2D eigenvalue weighted by Gasteiger charge is 2.21. The van der Waals surface area contributed by atoms with Crippen LogP contribution in [0, 0.1) is 0 Å². The molecule has 2 aromatic heterocycles. The van der Waals surface area contributed by atoms with Crippen LogP contribution in [0.5, 0.6) is 23.1 Å². The third kappa shape index (κ3) is 3.77. The van der Waals surface area contributed by atoms with Gasteiger partial charge in [0.25, 0.3) is 0 Å². The number of hydrogen-bond acceptors (Lipinski definition) is 6. The molecular formula is C22H21N5O2. The van der Waals surface area contributed by atoms with Crippen molar-refractivity contribution >= 4 is 11.0 Å². The topological polar surface area (TPSA) is 74.1 Å². The molecule has 0 atom stereocenters. The van der Waals surface area contributed by atoms with E-state index in [0.29, 0.717) is 17.7 Å². The zero-order chi connectivity index (χ0) is 19.5. The van der Waals surface area contributed by atoms with Gasteiger partial charge in [-0.25, -0.2) is 4.98 Å². The second-order valence-electron chi connectivity index (χ2n) is 6.97. The van der Waals surface area contributed by atoms with Crippen LogP contribution in [0.15, 0.2) is 67.1 Å². The van der Waals surface area contributed by atoms with E-state index >= 15 is 0 Å². The molecule has 3 heterocycles. The van der Waals surface area contributed by atoms with Crippen molar-refractivity contribution in [3.05, 3.63) is 67.1 Å². The summed E-state index contributed by atoms with van der Waals surface area (Å²) in [6.45, 7) is 1.97. The average molecular weight is 387 g/mol. The van der Waals surface area contributed by atoms with Crippen LogP contribution < -0.4 is 14.8 Å². The largest absolute Gasteiger partial charge is 0.457 e. The van der Waals surface area contributed by atoms with E-state index in [1.165, 1.54) is 6.33 Å². The molecule has 4 aromatic rings. The lowest BCUT2D eigenvalue weighted by Crippen LogP contribution is -2.29. The molecule has 0 radical (unpaired) electrons. The predicted molar refractivity (Wildman–Crippen MR) is 109 cm³/mol. The fourth-order valence-corrected chi connectivity index (χ4v) is 3.57. The maximum atomic E-state index is 6.10. The molecule has 0 saturated carbocycles. The molecule has 1 fully saturated rings. The SMILES string of the molecule is c1ccc(Oc2ccc(Oc3ncnc4cnn(C5CCNCC5)c34)cc2)cc1. The van der Waals surface area contributed by atoms with Crippen LogP contribution in [0.4, 0.5) is 0 Å². The van der Waals surface area contributed by atoms with Gasteiger partial charge in [-0.05, 0) is 62.3 Å². The van der Waals surface area contributed by atoms with Gasteiger partial charge in [0.05, 0.1) is 12.2 Å². The molecule has 1 aliphatic rings. The van der Waals surface area contributed by atoms with Crippen LogP contribution in [0.3, 0.4) is 0 Å². The zero-order valence-corrected chi connectivity index (χ0v) is 15.9. The summed E-state index contributed by atoms with van der Waals surface area (Å²) in [4.78, 5) is 8.73. The molecule has 0 unspecified atom stereocenters. The minimum atomic E-state index is 0.323. The first-order valence-electron chi connectivity index (χ1n) is 9.76. The number of aromatic nitrogens is 4. The van der Waals surface area contributed by atoms with Gasteiger partial charge >= 0.3 is 0 Å². The Kier molecular flexibility index (Phi) is 4.80. The maximum Gasteiger partial charge on any atom is 0.248 e. The third-order valence-corrected chi connectivity index (χ3v) is 5.02. The molecule has 7 nitrogen and oxygen atoms in total. The first kappa shape index (κ1) is 17.6. The molecule has 5 rings (SSSR count). The van der Waals surface area contributed by atoms with Gasteiger partial charge in [-0.2, -0.15) is 10.1 Å². The van der Waals surface area contributed by atoms with Crippen molar-refractivity contribution < 1.29 is 9.47 Å². The summed E-state index contributed by atoms with van der Waals surface area (Å²) >= 11 is 0. The molecule has 7 heteroatoms. The number of nitrogens with one attached hydrogen (secondary N) is 1. The number of ether oxygens (including phenoxy) is 2. The summed E-state index contributed by atoms with van der Waals surface area (Å²) in [6, 6.07) is 17.5. The highest BCUT2D eigenvalue weighted by atomic mass is 16.5. The molecule has 0 bridgehead atoms. The van der Waals surface area contributed by atoms with E-state index < -0.39 is 0 Å². The Hall–Kier alpha value is -3.45. The molecule has 146 valence electrons. The van der Waals surface area contributed by atoms with E-state index in [1.54, 1.807) is 6.20 Å². The zero-order valence-electron chi connectivity index (χ0n) is 15.9. The van der Waals surface area contributed by atoms with Crippen molar-refractivity contribution in [2.45, 2.75) is 18.9 Å². The standard InChI is InChI=1S/C22H21N5O2/c1-2-4-17(5-3-1)28-18-6-8-19(9-7-18)29-22-21-20(24-15-25-22)14-26-27(21)16-10-12-23-13-11-16/h1-9,14-16,23H,10-13H2. The smallest absolute Gasteiger partial charge is 0.248 e. The molecule has 29 heavy (non-hydrogen) atoms. The number of rotatable bonds is 5. The van der Waals surface area contributed by atoms with E-state index in [0.717, 1.165) is 48.5 Å². The van der Waals surface area contributed by atoms with Crippen LogP contribution in [0.2, 0.25) is 0 Å². The number of nitrogens with zero attached hydrogens (tertiary/aromatic N) is 4. The highest BCUT2D eigenvalue weighted by molar-refractivity contribution is 5.79. The normalized spacial score (nSPS) is 14.8. The van der Waals surface area contributed by atoms with Crippen LogP contribution in [0.1, 0.15) is 18.9 Å². The van der Waals surface area contributed by atoms with Crippen molar-refractivity contribution in [3.63, 3.8) is 0 Å². The van der Waals surface area contributed by atoms with Crippen molar-refractivity contribution in [1.29, 1.82) is 0 Å². The monoisotopic (exact) mass is 387 g/mol. The summed E-state index contributed by atoms with van der Waals surface area (Å²) < 4.78 is 14.0. The number of para-hydroxylation sites is 1. The lowest BCUT2D eigenvalue weighted by Gasteiger charge is -2.23. The van der Waals surface area contributed by atoms with Crippen LogP contribution >= 0.6 is 0 Å². The average Bonchev–Trinajstić information content (AvgIpc) is 3.22. The van der Waals surface area contributed by atoms with Crippen molar-refractivity contribution in [2.75, 3.05) is 13.1 Å². The minimum absolute atomic E-state index is 0.323. The van der Waals surface area contributed by atoms with E-state index in [-0.39, 0.29) is 0 Å². The van der Waals surface area contributed by atoms with Gasteiger partial charge in [0.15, 0.2) is 0 Å². The lowest BCUT2D eigenvalue weighted by atomic mass is 10.1. The number of benzene rings is 2. The quantitative estimate of drug-likeness (QED) is 0.549. The minimum Gasteiger partial charge on any atom is -0.457 e. The Morgan fingerprint density at radius 2 is 1.52 bits per heavy atom. The molecular weight excluding hydrogens is 366 g/mol. The maximum absolute atomic E-state index is 6.10. The molecule has 1 aliphatic heterocycles.